The van der Waals surface area contributed by atoms with Gasteiger partial charge in [0.25, 0.3) is 5.91 Å². The summed E-state index contributed by atoms with van der Waals surface area (Å²) in [6.45, 7) is 1.00. The minimum atomic E-state index is -3.59. The SMILES string of the molecule is CNS(=O)(=O)c1ccc2c(c1)/C(=C\c1[nH]c3c(c1CCCN(C)C)CCCC3)C(=O)N2. The number of hydrogen-bond donors (Lipinski definition) is 3. The second-order valence-electron chi connectivity index (χ2n) is 8.52. The molecule has 2 aromatic rings. The normalized spacial score (nSPS) is 17.2. The van der Waals surface area contributed by atoms with Crippen LogP contribution < -0.4 is 10.0 Å². The first kappa shape index (κ1) is 21.8. The number of rotatable bonds is 7. The maximum absolute atomic E-state index is 12.8. The molecule has 0 fully saturated rings. The Bertz CT molecular complexity index is 1150. The highest BCUT2D eigenvalue weighted by molar-refractivity contribution is 7.89. The summed E-state index contributed by atoms with van der Waals surface area (Å²) in [6, 6.07) is 4.73. The molecule has 8 heteroatoms. The van der Waals surface area contributed by atoms with E-state index in [2.05, 4.69) is 34.0 Å². The average Bonchev–Trinajstić information content (AvgIpc) is 3.25. The summed E-state index contributed by atoms with van der Waals surface area (Å²) >= 11 is 0. The van der Waals surface area contributed by atoms with Crippen molar-refractivity contribution in [3.63, 3.8) is 0 Å². The molecule has 0 atom stereocenters. The Morgan fingerprint density at radius 1 is 1.19 bits per heavy atom. The number of hydrogen-bond acceptors (Lipinski definition) is 4. The minimum absolute atomic E-state index is 0.146. The molecule has 31 heavy (non-hydrogen) atoms. The van der Waals surface area contributed by atoms with Crippen LogP contribution >= 0.6 is 0 Å². The monoisotopic (exact) mass is 442 g/mol. The smallest absolute Gasteiger partial charge is 0.256 e. The van der Waals surface area contributed by atoms with Crippen molar-refractivity contribution in [3.05, 3.63) is 46.3 Å². The van der Waals surface area contributed by atoms with Crippen LogP contribution in [0.25, 0.3) is 11.6 Å². The number of nitrogens with one attached hydrogen (secondary N) is 3. The summed E-state index contributed by atoms with van der Waals surface area (Å²) in [7, 11) is 1.94. The number of fused-ring (bicyclic) bond motifs is 2. The van der Waals surface area contributed by atoms with E-state index in [1.165, 1.54) is 42.8 Å². The number of nitrogens with zero attached hydrogens (tertiary/aromatic N) is 1. The molecule has 166 valence electrons. The average molecular weight is 443 g/mol. The van der Waals surface area contributed by atoms with Crippen molar-refractivity contribution >= 4 is 33.3 Å². The van der Waals surface area contributed by atoms with Crippen molar-refractivity contribution in [2.24, 2.45) is 0 Å². The molecule has 1 aliphatic carbocycles. The summed E-state index contributed by atoms with van der Waals surface area (Å²) in [4.78, 5) is 18.7. The van der Waals surface area contributed by atoms with E-state index < -0.39 is 10.0 Å². The molecular weight excluding hydrogens is 412 g/mol. The van der Waals surface area contributed by atoms with E-state index in [0.717, 1.165) is 37.9 Å². The van der Waals surface area contributed by atoms with Crippen molar-refractivity contribution in [1.82, 2.24) is 14.6 Å². The van der Waals surface area contributed by atoms with Gasteiger partial charge in [0.05, 0.1) is 10.5 Å². The Kier molecular flexibility index (Phi) is 6.05. The van der Waals surface area contributed by atoms with E-state index in [9.17, 15) is 13.2 Å². The molecule has 1 aliphatic heterocycles. The van der Waals surface area contributed by atoms with Crippen LogP contribution in [0.3, 0.4) is 0 Å². The van der Waals surface area contributed by atoms with Crippen molar-refractivity contribution in [2.75, 3.05) is 33.0 Å². The van der Waals surface area contributed by atoms with E-state index in [1.807, 2.05) is 6.08 Å². The Labute approximate surface area is 184 Å². The highest BCUT2D eigenvalue weighted by Gasteiger charge is 2.28. The first-order chi connectivity index (χ1) is 14.8. The molecule has 3 N–H and O–H groups in total. The fourth-order valence-corrected chi connectivity index (χ4v) is 5.25. The molecule has 1 amide bonds. The number of benzene rings is 1. The van der Waals surface area contributed by atoms with Gasteiger partial charge in [0.15, 0.2) is 0 Å². The summed E-state index contributed by atoms with van der Waals surface area (Å²) in [5, 5.41) is 2.86. The first-order valence-corrected chi connectivity index (χ1v) is 12.3. The predicted molar refractivity (Wildman–Crippen MR) is 123 cm³/mol. The third-order valence-electron chi connectivity index (χ3n) is 6.12. The lowest BCUT2D eigenvalue weighted by atomic mass is 9.92. The van der Waals surface area contributed by atoms with Gasteiger partial charge in [0, 0.05) is 22.6 Å². The number of aromatic amines is 1. The van der Waals surface area contributed by atoms with Gasteiger partial charge in [-0.2, -0.15) is 0 Å². The van der Waals surface area contributed by atoms with E-state index in [0.29, 0.717) is 16.8 Å². The van der Waals surface area contributed by atoms with Crippen LogP contribution in [0.4, 0.5) is 5.69 Å². The molecule has 1 aromatic heterocycles. The maximum atomic E-state index is 12.8. The Balaban J connectivity index is 1.76. The zero-order chi connectivity index (χ0) is 22.2. The van der Waals surface area contributed by atoms with Crippen LogP contribution in [-0.2, 0) is 34.1 Å². The number of aryl methyl sites for hydroxylation is 1. The summed E-state index contributed by atoms with van der Waals surface area (Å²) in [5.74, 6) is -0.208. The lowest BCUT2D eigenvalue weighted by molar-refractivity contribution is -0.110. The first-order valence-electron chi connectivity index (χ1n) is 10.8. The van der Waals surface area contributed by atoms with Crippen LogP contribution in [0.2, 0.25) is 0 Å². The van der Waals surface area contributed by atoms with Crippen molar-refractivity contribution in [3.8, 4) is 0 Å². The largest absolute Gasteiger partial charge is 0.358 e. The van der Waals surface area contributed by atoms with E-state index in [-0.39, 0.29) is 10.8 Å². The quantitative estimate of drug-likeness (QED) is 0.575. The van der Waals surface area contributed by atoms with Gasteiger partial charge in [-0.3, -0.25) is 4.79 Å². The molecular formula is C23H30N4O3S. The van der Waals surface area contributed by atoms with Gasteiger partial charge < -0.3 is 15.2 Å². The molecule has 0 unspecified atom stereocenters. The number of anilines is 1. The number of H-pyrrole nitrogens is 1. The molecule has 0 radical (unpaired) electrons. The number of sulfonamides is 1. The predicted octanol–water partition coefficient (Wildman–Crippen LogP) is 2.79. The second-order valence-corrected chi connectivity index (χ2v) is 10.4. The molecule has 2 heterocycles. The second kappa shape index (κ2) is 8.61. The highest BCUT2D eigenvalue weighted by atomic mass is 32.2. The van der Waals surface area contributed by atoms with Crippen LogP contribution in [0.15, 0.2) is 23.1 Å². The fraction of sp³-hybridized carbons (Fsp3) is 0.435. The summed E-state index contributed by atoms with van der Waals surface area (Å²) < 4.78 is 26.9. The molecule has 2 aliphatic rings. The van der Waals surface area contributed by atoms with Gasteiger partial charge in [-0.1, -0.05) is 0 Å². The Morgan fingerprint density at radius 3 is 2.71 bits per heavy atom. The van der Waals surface area contributed by atoms with E-state index >= 15 is 0 Å². The number of carbonyl (C=O) groups excluding carboxylic acids is 1. The van der Waals surface area contributed by atoms with Gasteiger partial charge in [-0.25, -0.2) is 13.1 Å². The number of aromatic nitrogens is 1. The van der Waals surface area contributed by atoms with Gasteiger partial charge >= 0.3 is 0 Å². The zero-order valence-corrected chi connectivity index (χ0v) is 19.2. The number of carbonyl (C=O) groups is 1. The molecule has 1 aromatic carbocycles. The van der Waals surface area contributed by atoms with Gasteiger partial charge in [0.2, 0.25) is 10.0 Å². The topological polar surface area (TPSA) is 94.3 Å². The summed E-state index contributed by atoms with van der Waals surface area (Å²) in [5.41, 5.74) is 6.71. The molecule has 0 saturated heterocycles. The summed E-state index contributed by atoms with van der Waals surface area (Å²) in [6.07, 6.45) is 8.37. The van der Waals surface area contributed by atoms with Crippen molar-refractivity contribution < 1.29 is 13.2 Å². The molecule has 4 rings (SSSR count). The van der Waals surface area contributed by atoms with Crippen molar-refractivity contribution in [1.29, 1.82) is 0 Å². The Morgan fingerprint density at radius 2 is 1.97 bits per heavy atom. The van der Waals surface area contributed by atoms with E-state index in [1.54, 1.807) is 12.1 Å². The lowest BCUT2D eigenvalue weighted by Crippen LogP contribution is -2.18. The van der Waals surface area contributed by atoms with Crippen LogP contribution in [0, 0.1) is 0 Å². The van der Waals surface area contributed by atoms with Gasteiger partial charge in [-0.05, 0) is 102 Å². The van der Waals surface area contributed by atoms with Gasteiger partial charge in [0.1, 0.15) is 0 Å². The lowest BCUT2D eigenvalue weighted by Gasteiger charge is -2.14. The molecule has 7 nitrogen and oxygen atoms in total. The molecule has 0 bridgehead atoms. The molecule has 0 saturated carbocycles. The highest BCUT2D eigenvalue weighted by Crippen LogP contribution is 2.36. The van der Waals surface area contributed by atoms with Crippen molar-refractivity contribution in [2.45, 2.75) is 43.4 Å². The van der Waals surface area contributed by atoms with E-state index in [4.69, 9.17) is 0 Å². The standard InChI is InChI=1S/C23H30N4O3S/c1-24-31(29,30)15-10-11-21-18(13-15)19(23(28)26-21)14-22-17(8-6-12-27(2)3)16-7-4-5-9-20(16)25-22/h10-11,13-14,24-25H,4-9,12H2,1-3H3,(H,26,28)/b19-14+. The fourth-order valence-electron chi connectivity index (χ4n) is 4.50. The molecule has 0 spiro atoms. The minimum Gasteiger partial charge on any atom is -0.358 e. The number of amides is 1. The third kappa shape index (κ3) is 4.33. The Hall–Kier alpha value is -2.42. The zero-order valence-electron chi connectivity index (χ0n) is 18.3. The van der Waals surface area contributed by atoms with Crippen LogP contribution in [0.5, 0.6) is 0 Å². The third-order valence-corrected chi connectivity index (χ3v) is 7.53. The van der Waals surface area contributed by atoms with Crippen LogP contribution in [-0.4, -0.2) is 51.9 Å². The van der Waals surface area contributed by atoms with Crippen LogP contribution in [0.1, 0.15) is 47.3 Å². The maximum Gasteiger partial charge on any atom is 0.256 e. The van der Waals surface area contributed by atoms with Gasteiger partial charge in [-0.15, -0.1) is 0 Å².